The van der Waals surface area contributed by atoms with Gasteiger partial charge in [-0.25, -0.2) is 0 Å². The molecule has 0 aliphatic carbocycles. The van der Waals surface area contributed by atoms with E-state index in [0.29, 0.717) is 5.88 Å². The van der Waals surface area contributed by atoms with Crippen molar-refractivity contribution in [2.45, 2.75) is 6.23 Å². The zero-order valence-corrected chi connectivity index (χ0v) is 8.71. The fourth-order valence-electron chi connectivity index (χ4n) is 1.50. The van der Waals surface area contributed by atoms with Crippen LogP contribution in [-0.4, -0.2) is 19.3 Å². The van der Waals surface area contributed by atoms with Gasteiger partial charge in [-0.05, 0) is 0 Å². The van der Waals surface area contributed by atoms with Crippen molar-refractivity contribution >= 4 is 0 Å². The summed E-state index contributed by atoms with van der Waals surface area (Å²) < 4.78 is 10.6. The number of ether oxygens (including phenoxy) is 2. The van der Waals surface area contributed by atoms with Gasteiger partial charge < -0.3 is 9.47 Å². The second kappa shape index (κ2) is 4.23. The van der Waals surface area contributed by atoms with Crippen molar-refractivity contribution in [1.29, 1.82) is 0 Å². The molecule has 1 aromatic carbocycles. The number of methoxy groups -OCH3 is 1. The van der Waals surface area contributed by atoms with E-state index in [4.69, 9.17) is 14.3 Å². The highest BCUT2D eigenvalue weighted by molar-refractivity contribution is 5.19. The van der Waals surface area contributed by atoms with Gasteiger partial charge in [0.25, 0.3) is 5.88 Å². The molecule has 0 aromatic heterocycles. The topological polar surface area (TPSA) is 30.9 Å². The number of benzene rings is 1. The third-order valence-corrected chi connectivity index (χ3v) is 2.22. The molecular formula is C11H13NO3. The van der Waals surface area contributed by atoms with Crippen LogP contribution in [0, 0.1) is 0 Å². The molecule has 4 heteroatoms. The van der Waals surface area contributed by atoms with E-state index in [9.17, 15) is 0 Å². The Bertz CT molecular complexity index is 350. The molecule has 0 radical (unpaired) electrons. The smallest absolute Gasteiger partial charge is 0.253 e. The number of hydrogen-bond acceptors (Lipinski definition) is 4. The van der Waals surface area contributed by atoms with Gasteiger partial charge in [0, 0.05) is 5.56 Å². The molecule has 15 heavy (non-hydrogen) atoms. The predicted octanol–water partition coefficient (Wildman–Crippen LogP) is 2.02. The highest BCUT2D eigenvalue weighted by atomic mass is 16.7. The van der Waals surface area contributed by atoms with Crippen LogP contribution in [0.3, 0.4) is 0 Å². The SMILES string of the molecule is COC1=COC(c2ccccc2)N1OC. The second-order valence-electron chi connectivity index (χ2n) is 3.07. The minimum atomic E-state index is -0.272. The second-order valence-corrected chi connectivity index (χ2v) is 3.07. The van der Waals surface area contributed by atoms with E-state index in [-0.39, 0.29) is 6.23 Å². The molecule has 2 rings (SSSR count). The molecular weight excluding hydrogens is 194 g/mol. The molecule has 1 aromatic rings. The van der Waals surface area contributed by atoms with Crippen LogP contribution >= 0.6 is 0 Å². The van der Waals surface area contributed by atoms with Gasteiger partial charge in [0.2, 0.25) is 6.23 Å². The average molecular weight is 207 g/mol. The molecule has 0 fully saturated rings. The summed E-state index contributed by atoms with van der Waals surface area (Å²) in [5, 5.41) is 1.58. The Balaban J connectivity index is 2.20. The molecule has 0 spiro atoms. The molecule has 1 aliphatic rings. The fraction of sp³-hybridized carbons (Fsp3) is 0.273. The Morgan fingerprint density at radius 3 is 2.53 bits per heavy atom. The summed E-state index contributed by atoms with van der Waals surface area (Å²) in [6, 6.07) is 9.82. The van der Waals surface area contributed by atoms with Crippen molar-refractivity contribution in [3.8, 4) is 0 Å². The highest BCUT2D eigenvalue weighted by Gasteiger charge is 2.30. The summed E-state index contributed by atoms with van der Waals surface area (Å²) in [5.41, 5.74) is 1.02. The molecule has 0 amide bonds. The van der Waals surface area contributed by atoms with Gasteiger partial charge in [-0.2, -0.15) is 5.06 Å². The van der Waals surface area contributed by atoms with E-state index >= 15 is 0 Å². The van der Waals surface area contributed by atoms with Crippen molar-refractivity contribution in [3.63, 3.8) is 0 Å². The number of hydroxylamine groups is 2. The molecule has 0 saturated heterocycles. The van der Waals surface area contributed by atoms with Crippen LogP contribution in [-0.2, 0) is 14.3 Å². The Morgan fingerprint density at radius 1 is 1.20 bits per heavy atom. The van der Waals surface area contributed by atoms with Crippen molar-refractivity contribution < 1.29 is 14.3 Å². The molecule has 0 N–H and O–H groups in total. The molecule has 80 valence electrons. The summed E-state index contributed by atoms with van der Waals surface area (Å²) in [5.74, 6) is 0.561. The van der Waals surface area contributed by atoms with Crippen LogP contribution in [0.15, 0.2) is 42.5 Å². The van der Waals surface area contributed by atoms with Crippen LogP contribution in [0.2, 0.25) is 0 Å². The Labute approximate surface area is 88.6 Å². The third-order valence-electron chi connectivity index (χ3n) is 2.22. The molecule has 4 nitrogen and oxygen atoms in total. The normalized spacial score (nSPS) is 19.7. The van der Waals surface area contributed by atoms with Crippen LogP contribution in [0.4, 0.5) is 0 Å². The monoisotopic (exact) mass is 207 g/mol. The van der Waals surface area contributed by atoms with Crippen molar-refractivity contribution in [2.75, 3.05) is 14.2 Å². The first-order chi connectivity index (χ1) is 7.36. The standard InChI is InChI=1S/C11H13NO3/c1-13-10-8-15-11(12(10)14-2)9-6-4-3-5-7-9/h3-8,11H,1-2H3. The quantitative estimate of drug-likeness (QED) is 0.758. The molecule has 1 unspecified atom stereocenters. The van der Waals surface area contributed by atoms with Gasteiger partial charge in [0.1, 0.15) is 6.26 Å². The van der Waals surface area contributed by atoms with Gasteiger partial charge in [-0.15, -0.1) is 0 Å². The van der Waals surface area contributed by atoms with E-state index in [1.165, 1.54) is 0 Å². The number of hydrogen-bond donors (Lipinski definition) is 0. The highest BCUT2D eigenvalue weighted by Crippen LogP contribution is 2.31. The molecule has 0 bridgehead atoms. The average Bonchev–Trinajstić information content (AvgIpc) is 2.72. The lowest BCUT2D eigenvalue weighted by atomic mass is 10.2. The van der Waals surface area contributed by atoms with Gasteiger partial charge in [0.05, 0.1) is 14.2 Å². The minimum Gasteiger partial charge on any atom is -0.479 e. The first-order valence-corrected chi connectivity index (χ1v) is 4.64. The maximum Gasteiger partial charge on any atom is 0.253 e. The predicted molar refractivity (Wildman–Crippen MR) is 54.2 cm³/mol. The third kappa shape index (κ3) is 1.76. The van der Waals surface area contributed by atoms with Crippen molar-refractivity contribution in [2.24, 2.45) is 0 Å². The molecule has 1 atom stereocenters. The van der Waals surface area contributed by atoms with Gasteiger partial charge in [-0.1, -0.05) is 30.3 Å². The molecule has 0 saturated carbocycles. The van der Waals surface area contributed by atoms with Crippen molar-refractivity contribution in [1.82, 2.24) is 5.06 Å². The van der Waals surface area contributed by atoms with Gasteiger partial charge in [0.15, 0.2) is 0 Å². The summed E-state index contributed by atoms with van der Waals surface area (Å²) in [6.45, 7) is 0. The maximum absolute atomic E-state index is 5.46. The van der Waals surface area contributed by atoms with Crippen LogP contribution < -0.4 is 0 Å². The Hall–Kier alpha value is -1.68. The van der Waals surface area contributed by atoms with E-state index in [0.717, 1.165) is 5.56 Å². The zero-order chi connectivity index (χ0) is 10.7. The van der Waals surface area contributed by atoms with Gasteiger partial charge >= 0.3 is 0 Å². The van der Waals surface area contributed by atoms with E-state index in [1.807, 2.05) is 30.3 Å². The summed E-state index contributed by atoms with van der Waals surface area (Å²) in [7, 11) is 3.16. The number of rotatable bonds is 3. The van der Waals surface area contributed by atoms with Crippen LogP contribution in [0.25, 0.3) is 0 Å². The lowest BCUT2D eigenvalue weighted by molar-refractivity contribution is -0.198. The maximum atomic E-state index is 5.46. The van der Waals surface area contributed by atoms with E-state index < -0.39 is 0 Å². The lowest BCUT2D eigenvalue weighted by Gasteiger charge is -2.23. The first-order valence-electron chi connectivity index (χ1n) is 4.64. The van der Waals surface area contributed by atoms with E-state index in [1.54, 1.807) is 25.5 Å². The van der Waals surface area contributed by atoms with Crippen LogP contribution in [0.1, 0.15) is 11.8 Å². The minimum absolute atomic E-state index is 0.272. The Kier molecular flexibility index (Phi) is 2.78. The van der Waals surface area contributed by atoms with E-state index in [2.05, 4.69) is 0 Å². The first kappa shape index (κ1) is 9.86. The van der Waals surface area contributed by atoms with Gasteiger partial charge in [-0.3, -0.25) is 4.84 Å². The summed E-state index contributed by atoms with van der Waals surface area (Å²) in [4.78, 5) is 5.20. The molecule has 1 aliphatic heterocycles. The summed E-state index contributed by atoms with van der Waals surface area (Å²) >= 11 is 0. The Morgan fingerprint density at radius 2 is 1.93 bits per heavy atom. The fourth-order valence-corrected chi connectivity index (χ4v) is 1.50. The largest absolute Gasteiger partial charge is 0.479 e. The van der Waals surface area contributed by atoms with Crippen LogP contribution in [0.5, 0.6) is 0 Å². The molecule has 1 heterocycles. The number of nitrogens with zero attached hydrogens (tertiary/aromatic N) is 1. The lowest BCUT2D eigenvalue weighted by Crippen LogP contribution is -2.24. The zero-order valence-electron chi connectivity index (χ0n) is 8.71. The van der Waals surface area contributed by atoms with Crippen molar-refractivity contribution in [3.05, 3.63) is 48.0 Å². The summed E-state index contributed by atoms with van der Waals surface area (Å²) in [6.07, 6.45) is 1.27.